The zero-order chi connectivity index (χ0) is 22.4. The van der Waals surface area contributed by atoms with E-state index in [2.05, 4.69) is 10.6 Å². The van der Waals surface area contributed by atoms with Gasteiger partial charge in [0.05, 0.1) is 7.11 Å². The van der Waals surface area contributed by atoms with Crippen molar-refractivity contribution in [1.29, 1.82) is 0 Å². The van der Waals surface area contributed by atoms with E-state index in [1.54, 1.807) is 19.2 Å². The molecule has 9 nitrogen and oxygen atoms in total. The largest absolute Gasteiger partial charge is 0.497 e. The number of carbonyl (C=O) groups is 4. The van der Waals surface area contributed by atoms with Crippen LogP contribution in [0.3, 0.4) is 0 Å². The van der Waals surface area contributed by atoms with E-state index in [4.69, 9.17) is 10.5 Å². The molecule has 1 saturated heterocycles. The molecule has 3 rings (SSSR count). The molecule has 0 unspecified atom stereocenters. The second kappa shape index (κ2) is 9.75. The first-order chi connectivity index (χ1) is 14.9. The minimum atomic E-state index is -0.730. The second-order valence-corrected chi connectivity index (χ2v) is 7.12. The summed E-state index contributed by atoms with van der Waals surface area (Å²) in [6, 6.07) is 12.4. The van der Waals surface area contributed by atoms with Gasteiger partial charge in [-0.15, -0.1) is 0 Å². The van der Waals surface area contributed by atoms with Crippen LogP contribution in [0.5, 0.6) is 5.75 Å². The maximum Gasteiger partial charge on any atom is 0.324 e. The summed E-state index contributed by atoms with van der Waals surface area (Å²) in [6.45, 7) is 0.256. The molecule has 162 valence electrons. The molecule has 0 bridgehead atoms. The SMILES string of the molecule is COc1ccc(CCN2C(=O)N[C@@H](CCC(=O)Nc3ccc(C(N)=O)cc3)C2=O)cc1. The summed E-state index contributed by atoms with van der Waals surface area (Å²) >= 11 is 0. The van der Waals surface area contributed by atoms with E-state index >= 15 is 0 Å². The van der Waals surface area contributed by atoms with E-state index in [1.807, 2.05) is 24.3 Å². The van der Waals surface area contributed by atoms with Crippen molar-refractivity contribution in [3.8, 4) is 5.75 Å². The predicted molar refractivity (Wildman–Crippen MR) is 114 cm³/mol. The molecule has 2 aromatic rings. The third-order valence-electron chi connectivity index (χ3n) is 5.00. The molecule has 0 spiro atoms. The van der Waals surface area contributed by atoms with Crippen molar-refractivity contribution < 1.29 is 23.9 Å². The van der Waals surface area contributed by atoms with Crippen molar-refractivity contribution in [2.24, 2.45) is 5.73 Å². The number of nitrogens with zero attached hydrogens (tertiary/aromatic N) is 1. The van der Waals surface area contributed by atoms with Gasteiger partial charge < -0.3 is 21.1 Å². The molecule has 31 heavy (non-hydrogen) atoms. The number of rotatable bonds is 9. The lowest BCUT2D eigenvalue weighted by molar-refractivity contribution is -0.127. The topological polar surface area (TPSA) is 131 Å². The Kier molecular flexibility index (Phi) is 6.86. The first-order valence-corrected chi connectivity index (χ1v) is 9.82. The van der Waals surface area contributed by atoms with Crippen LogP contribution in [-0.4, -0.2) is 48.3 Å². The number of hydrogen-bond donors (Lipinski definition) is 3. The van der Waals surface area contributed by atoms with Crippen molar-refractivity contribution in [2.75, 3.05) is 19.0 Å². The Hall–Kier alpha value is -3.88. The fourth-order valence-corrected chi connectivity index (χ4v) is 3.23. The van der Waals surface area contributed by atoms with Crippen LogP contribution in [0, 0.1) is 0 Å². The number of methoxy groups -OCH3 is 1. The number of hydrogen-bond acceptors (Lipinski definition) is 5. The lowest BCUT2D eigenvalue weighted by Crippen LogP contribution is -2.33. The standard InChI is InChI=1S/C22H24N4O5/c1-31-17-8-2-14(3-9-17)12-13-26-21(29)18(25-22(26)30)10-11-19(27)24-16-6-4-15(5-7-16)20(23)28/h2-9,18H,10-13H2,1H3,(H2,23,28)(H,24,27)(H,25,30)/t18-/m0/s1. The molecule has 0 saturated carbocycles. The van der Waals surface area contributed by atoms with Gasteiger partial charge in [0.1, 0.15) is 11.8 Å². The molecule has 1 fully saturated rings. The minimum Gasteiger partial charge on any atom is -0.497 e. The number of amides is 5. The number of ether oxygens (including phenoxy) is 1. The van der Waals surface area contributed by atoms with Gasteiger partial charge in [-0.05, 0) is 54.8 Å². The Labute approximate surface area is 179 Å². The lowest BCUT2D eigenvalue weighted by Gasteiger charge is -2.13. The zero-order valence-electron chi connectivity index (χ0n) is 17.1. The number of benzene rings is 2. The van der Waals surface area contributed by atoms with Crippen molar-refractivity contribution in [1.82, 2.24) is 10.2 Å². The first kappa shape index (κ1) is 21.8. The molecule has 0 aromatic heterocycles. The van der Waals surface area contributed by atoms with Gasteiger partial charge >= 0.3 is 6.03 Å². The fraction of sp³-hybridized carbons (Fsp3) is 0.273. The number of imide groups is 1. The van der Waals surface area contributed by atoms with Crippen LogP contribution in [0.15, 0.2) is 48.5 Å². The Balaban J connectivity index is 1.47. The minimum absolute atomic E-state index is 0.0561. The Morgan fingerprint density at radius 2 is 1.77 bits per heavy atom. The molecule has 0 radical (unpaired) electrons. The van der Waals surface area contributed by atoms with Crippen LogP contribution >= 0.6 is 0 Å². The number of urea groups is 1. The Morgan fingerprint density at radius 3 is 2.39 bits per heavy atom. The van der Waals surface area contributed by atoms with Crippen LogP contribution in [-0.2, 0) is 16.0 Å². The maximum absolute atomic E-state index is 12.6. The summed E-state index contributed by atoms with van der Waals surface area (Å²) < 4.78 is 5.11. The van der Waals surface area contributed by atoms with Gasteiger partial charge in [-0.1, -0.05) is 12.1 Å². The van der Waals surface area contributed by atoms with Crippen molar-refractivity contribution in [3.05, 3.63) is 59.7 Å². The van der Waals surface area contributed by atoms with Gasteiger partial charge in [0.15, 0.2) is 0 Å². The molecule has 1 heterocycles. The van der Waals surface area contributed by atoms with E-state index < -0.39 is 18.0 Å². The van der Waals surface area contributed by atoms with E-state index in [-0.39, 0.29) is 31.2 Å². The predicted octanol–water partition coefficient (Wildman–Crippen LogP) is 1.68. The molecule has 1 atom stereocenters. The molecule has 1 aliphatic heterocycles. The Morgan fingerprint density at radius 1 is 1.10 bits per heavy atom. The fourth-order valence-electron chi connectivity index (χ4n) is 3.23. The number of nitrogens with two attached hydrogens (primary N) is 1. The molecule has 9 heteroatoms. The van der Waals surface area contributed by atoms with Crippen LogP contribution in [0.4, 0.5) is 10.5 Å². The summed E-state index contributed by atoms with van der Waals surface area (Å²) in [5.74, 6) is -0.450. The Bertz CT molecular complexity index is 972. The van der Waals surface area contributed by atoms with Crippen LogP contribution in [0.25, 0.3) is 0 Å². The summed E-state index contributed by atoms with van der Waals surface area (Å²) in [7, 11) is 1.59. The highest BCUT2D eigenvalue weighted by atomic mass is 16.5. The molecule has 1 aliphatic rings. The summed E-state index contributed by atoms with van der Waals surface area (Å²) in [5.41, 5.74) is 7.01. The van der Waals surface area contributed by atoms with Crippen molar-refractivity contribution >= 4 is 29.4 Å². The average molecular weight is 424 g/mol. The van der Waals surface area contributed by atoms with E-state index in [0.29, 0.717) is 17.7 Å². The highest BCUT2D eigenvalue weighted by molar-refractivity contribution is 6.04. The normalized spacial score (nSPS) is 15.5. The van der Waals surface area contributed by atoms with Crippen LogP contribution < -0.4 is 21.1 Å². The van der Waals surface area contributed by atoms with Crippen molar-refractivity contribution in [2.45, 2.75) is 25.3 Å². The molecular weight excluding hydrogens is 400 g/mol. The zero-order valence-corrected chi connectivity index (χ0v) is 17.1. The molecular formula is C22H24N4O5. The summed E-state index contributed by atoms with van der Waals surface area (Å²) in [4.78, 5) is 49.2. The second-order valence-electron chi connectivity index (χ2n) is 7.12. The number of nitrogens with one attached hydrogen (secondary N) is 2. The van der Waals surface area contributed by atoms with Crippen molar-refractivity contribution in [3.63, 3.8) is 0 Å². The van der Waals surface area contributed by atoms with Gasteiger partial charge in [0.25, 0.3) is 5.91 Å². The average Bonchev–Trinajstić information content (AvgIpc) is 3.04. The molecule has 0 aliphatic carbocycles. The molecule has 5 amide bonds. The van der Waals surface area contributed by atoms with E-state index in [0.717, 1.165) is 11.3 Å². The monoisotopic (exact) mass is 424 g/mol. The van der Waals surface area contributed by atoms with E-state index in [9.17, 15) is 19.2 Å². The summed E-state index contributed by atoms with van der Waals surface area (Å²) in [6.07, 6.45) is 0.771. The number of primary amides is 1. The quantitative estimate of drug-likeness (QED) is 0.527. The molecule has 4 N–H and O–H groups in total. The molecule has 2 aromatic carbocycles. The third kappa shape index (κ3) is 5.59. The van der Waals surface area contributed by atoms with E-state index in [1.165, 1.54) is 17.0 Å². The number of carbonyl (C=O) groups excluding carboxylic acids is 4. The highest BCUT2D eigenvalue weighted by Crippen LogP contribution is 2.16. The van der Waals surface area contributed by atoms with Gasteiger partial charge in [-0.2, -0.15) is 0 Å². The lowest BCUT2D eigenvalue weighted by atomic mass is 10.1. The van der Waals surface area contributed by atoms with Gasteiger partial charge in [-0.25, -0.2) is 4.79 Å². The van der Waals surface area contributed by atoms with Crippen LogP contribution in [0.2, 0.25) is 0 Å². The third-order valence-corrected chi connectivity index (χ3v) is 5.00. The van der Waals surface area contributed by atoms with Gasteiger partial charge in [0, 0.05) is 24.2 Å². The smallest absolute Gasteiger partial charge is 0.324 e. The highest BCUT2D eigenvalue weighted by Gasteiger charge is 2.37. The first-order valence-electron chi connectivity index (χ1n) is 9.82. The maximum atomic E-state index is 12.6. The number of anilines is 1. The van der Waals surface area contributed by atoms with Gasteiger partial charge in [-0.3, -0.25) is 19.3 Å². The van der Waals surface area contributed by atoms with Crippen LogP contribution in [0.1, 0.15) is 28.8 Å². The van der Waals surface area contributed by atoms with Gasteiger partial charge in [0.2, 0.25) is 11.8 Å². The summed E-state index contributed by atoms with van der Waals surface area (Å²) in [5, 5.41) is 5.32.